The van der Waals surface area contributed by atoms with Crippen molar-refractivity contribution in [3.63, 3.8) is 0 Å². The normalized spacial score (nSPS) is 11.1. The summed E-state index contributed by atoms with van der Waals surface area (Å²) in [5, 5.41) is 41.1. The molecule has 0 aliphatic rings. The highest BCUT2D eigenvalue weighted by molar-refractivity contribution is 6.12. The van der Waals surface area contributed by atoms with Crippen LogP contribution < -0.4 is 0 Å². The van der Waals surface area contributed by atoms with E-state index in [9.17, 15) is 34.2 Å². The molecule has 0 spiro atoms. The fourth-order valence-corrected chi connectivity index (χ4v) is 8.38. The van der Waals surface area contributed by atoms with Gasteiger partial charge in [-0.15, -0.1) is 0 Å². The van der Waals surface area contributed by atoms with E-state index < -0.39 is 11.7 Å². The molecule has 0 amide bonds. The van der Waals surface area contributed by atoms with E-state index in [0.29, 0.717) is 95.4 Å². The molecule has 0 aliphatic heterocycles. The number of fused-ring (bicyclic) bond motifs is 3. The summed E-state index contributed by atoms with van der Waals surface area (Å²) in [6.45, 7) is 0. The largest absolute Gasteiger partial charge is 0.416 e. The van der Waals surface area contributed by atoms with Crippen LogP contribution in [0.1, 0.15) is 27.8 Å². The van der Waals surface area contributed by atoms with Crippen LogP contribution in [0.5, 0.6) is 0 Å². The third-order valence-corrected chi connectivity index (χ3v) is 11.5. The van der Waals surface area contributed by atoms with Crippen molar-refractivity contribution in [2.75, 3.05) is 0 Å². The summed E-state index contributed by atoms with van der Waals surface area (Å²) < 4.78 is 45.3. The van der Waals surface area contributed by atoms with E-state index in [1.807, 2.05) is 108 Å². The topological polar surface area (TPSA) is 139 Å². The van der Waals surface area contributed by atoms with Gasteiger partial charge in [0, 0.05) is 33.0 Å². The van der Waals surface area contributed by atoms with Crippen LogP contribution in [-0.4, -0.2) is 19.5 Å². The fourth-order valence-electron chi connectivity index (χ4n) is 8.38. The average molecular weight is 871 g/mol. The Morgan fingerprint density at radius 2 is 0.806 bits per heavy atom. The molecule has 11 heteroatoms. The predicted molar refractivity (Wildman–Crippen MR) is 251 cm³/mol. The summed E-state index contributed by atoms with van der Waals surface area (Å²) >= 11 is 0. The van der Waals surface area contributed by atoms with Gasteiger partial charge in [0.15, 0.2) is 17.5 Å². The molecule has 0 aliphatic carbocycles. The van der Waals surface area contributed by atoms with Crippen molar-refractivity contribution in [3.8, 4) is 97.5 Å². The maximum Gasteiger partial charge on any atom is 0.416 e. The Hall–Kier alpha value is -9.68. The second-order valence-corrected chi connectivity index (χ2v) is 15.7. The van der Waals surface area contributed by atoms with Crippen molar-refractivity contribution in [2.24, 2.45) is 0 Å². The first-order valence-electron chi connectivity index (χ1n) is 20.8. The maximum absolute atomic E-state index is 14.4. The smallest absolute Gasteiger partial charge is 0.309 e. The number of hydrogen-bond acceptors (Lipinski definition) is 7. The zero-order valence-electron chi connectivity index (χ0n) is 35.0. The number of aromatic nitrogens is 4. The van der Waals surface area contributed by atoms with E-state index in [1.165, 1.54) is 18.2 Å². The first-order valence-corrected chi connectivity index (χ1v) is 20.8. The molecule has 8 aromatic carbocycles. The number of nitrogens with zero attached hydrogens (tertiary/aromatic N) is 8. The fraction of sp³-hybridized carbons (Fsp3) is 0.0179. The van der Waals surface area contributed by atoms with Gasteiger partial charge in [-0.1, -0.05) is 109 Å². The zero-order chi connectivity index (χ0) is 46.2. The molecular weight excluding hydrogens is 842 g/mol. The van der Waals surface area contributed by atoms with Crippen molar-refractivity contribution in [1.29, 1.82) is 21.0 Å². The molecule has 10 aromatic rings. The lowest BCUT2D eigenvalue weighted by molar-refractivity contribution is -0.137. The molecule has 0 fully saturated rings. The van der Waals surface area contributed by atoms with Gasteiger partial charge in [-0.05, 0) is 94.5 Å². The summed E-state index contributed by atoms with van der Waals surface area (Å²) in [6, 6.07) is 59.5. The molecule has 0 saturated carbocycles. The van der Waals surface area contributed by atoms with Crippen LogP contribution in [0.25, 0.3) is 95.0 Å². The third kappa shape index (κ3) is 7.87. The lowest BCUT2D eigenvalue weighted by Gasteiger charge is -2.18. The highest BCUT2D eigenvalue weighted by Crippen LogP contribution is 2.42. The Labute approximate surface area is 381 Å². The minimum atomic E-state index is -4.63. The summed E-state index contributed by atoms with van der Waals surface area (Å²) in [7, 11) is 0. The number of nitriles is 4. The molecule has 10 rings (SSSR count). The highest BCUT2D eigenvalue weighted by Gasteiger charge is 2.31. The number of halogens is 3. The molecule has 0 radical (unpaired) electrons. The summed E-state index contributed by atoms with van der Waals surface area (Å²) in [5.41, 5.74) is 7.61. The molecule has 67 heavy (non-hydrogen) atoms. The lowest BCUT2D eigenvalue weighted by atomic mass is 9.98. The molecule has 0 N–H and O–H groups in total. The zero-order valence-corrected chi connectivity index (χ0v) is 35.0. The highest BCUT2D eigenvalue weighted by atomic mass is 19.4. The van der Waals surface area contributed by atoms with Crippen LogP contribution in [0.2, 0.25) is 0 Å². The Bertz CT molecular complexity index is 3540. The molecule has 0 unspecified atom stereocenters. The summed E-state index contributed by atoms with van der Waals surface area (Å²) in [6.07, 6.45) is -4.63. The van der Waals surface area contributed by atoms with Gasteiger partial charge in [0.05, 0.1) is 68.8 Å². The van der Waals surface area contributed by atoms with E-state index in [2.05, 4.69) is 24.3 Å². The second-order valence-electron chi connectivity index (χ2n) is 15.7. The van der Waals surface area contributed by atoms with Crippen molar-refractivity contribution in [3.05, 3.63) is 204 Å². The molecule has 314 valence electrons. The minimum absolute atomic E-state index is 0.296. The second kappa shape index (κ2) is 16.8. The molecule has 8 nitrogen and oxygen atoms in total. The lowest BCUT2D eigenvalue weighted by Crippen LogP contribution is -2.05. The van der Waals surface area contributed by atoms with Crippen LogP contribution in [0.15, 0.2) is 176 Å². The van der Waals surface area contributed by atoms with Gasteiger partial charge in [0.2, 0.25) is 0 Å². The van der Waals surface area contributed by atoms with Crippen LogP contribution >= 0.6 is 0 Å². The first-order chi connectivity index (χ1) is 32.6. The number of alkyl halides is 3. The van der Waals surface area contributed by atoms with E-state index in [1.54, 1.807) is 42.5 Å². The Balaban J connectivity index is 1.31. The van der Waals surface area contributed by atoms with Crippen molar-refractivity contribution in [2.45, 2.75) is 6.18 Å². The van der Waals surface area contributed by atoms with Crippen LogP contribution in [0.4, 0.5) is 13.2 Å². The monoisotopic (exact) mass is 870 g/mol. The van der Waals surface area contributed by atoms with E-state index in [4.69, 9.17) is 15.0 Å². The van der Waals surface area contributed by atoms with Gasteiger partial charge < -0.3 is 4.57 Å². The number of benzene rings is 8. The molecule has 2 aromatic heterocycles. The number of rotatable bonds is 7. The van der Waals surface area contributed by atoms with Gasteiger partial charge in [0.1, 0.15) is 0 Å². The quantitative estimate of drug-likeness (QED) is 0.155. The van der Waals surface area contributed by atoms with Crippen LogP contribution in [0, 0.1) is 45.3 Å². The van der Waals surface area contributed by atoms with Gasteiger partial charge in [0.25, 0.3) is 0 Å². The van der Waals surface area contributed by atoms with Gasteiger partial charge in [-0.25, -0.2) is 15.0 Å². The molecule has 0 saturated heterocycles. The molecular formula is C56H29F3N8. The third-order valence-electron chi connectivity index (χ3n) is 11.5. The Morgan fingerprint density at radius 3 is 1.25 bits per heavy atom. The van der Waals surface area contributed by atoms with E-state index in [0.717, 1.165) is 34.0 Å². The van der Waals surface area contributed by atoms with Crippen molar-refractivity contribution in [1.82, 2.24) is 19.5 Å². The first kappa shape index (κ1) is 41.3. The van der Waals surface area contributed by atoms with Crippen LogP contribution in [0.3, 0.4) is 0 Å². The number of hydrogen-bond donors (Lipinski definition) is 0. The predicted octanol–water partition coefficient (Wildman–Crippen LogP) is 13.5. The molecule has 0 atom stereocenters. The van der Waals surface area contributed by atoms with E-state index >= 15 is 0 Å². The standard InChI is InChI=1S/C56H29F3N8/c57-56(58,59)46-13-7-12-42(26-46)47-17-16-43(55-65-53(38-8-3-1-4-9-38)64-54(66-55)39-10-5-2-6-11-39)29-50(47)67-51-27-40(44-22-34(30-60)20-35(23-44)31-61)14-18-48(51)49-19-15-41(28-52(49)67)45-24-36(32-62)21-37(25-45)33-63/h1-29H. The molecule has 0 bridgehead atoms. The summed E-state index contributed by atoms with van der Waals surface area (Å²) in [5.74, 6) is 1.17. The Kier molecular flexibility index (Phi) is 10.4. The van der Waals surface area contributed by atoms with E-state index in [-0.39, 0.29) is 0 Å². The van der Waals surface area contributed by atoms with Gasteiger partial charge in [-0.3, -0.25) is 0 Å². The van der Waals surface area contributed by atoms with Gasteiger partial charge >= 0.3 is 6.18 Å². The van der Waals surface area contributed by atoms with Crippen molar-refractivity contribution < 1.29 is 13.2 Å². The van der Waals surface area contributed by atoms with Gasteiger partial charge in [-0.2, -0.15) is 34.2 Å². The Morgan fingerprint density at radius 1 is 0.373 bits per heavy atom. The summed E-state index contributed by atoms with van der Waals surface area (Å²) in [4.78, 5) is 14.8. The maximum atomic E-state index is 14.4. The minimum Gasteiger partial charge on any atom is -0.309 e. The molecule has 2 heterocycles. The van der Waals surface area contributed by atoms with Crippen LogP contribution in [-0.2, 0) is 6.18 Å². The SMILES string of the molecule is N#Cc1cc(C#N)cc(-c2ccc3c4ccc(-c5cc(C#N)cc(C#N)c5)cc4n(-c4cc(-c5nc(-c6ccccc6)nc(-c6ccccc6)n5)ccc4-c4cccc(C(F)(F)F)c4)c3c2)c1. The average Bonchev–Trinajstić information content (AvgIpc) is 3.71. The van der Waals surface area contributed by atoms with Crippen molar-refractivity contribution >= 4 is 21.8 Å².